The van der Waals surface area contributed by atoms with Gasteiger partial charge in [-0.2, -0.15) is 4.98 Å². The van der Waals surface area contributed by atoms with Crippen LogP contribution < -0.4 is 5.73 Å². The third kappa shape index (κ3) is 4.80. The van der Waals surface area contributed by atoms with Gasteiger partial charge >= 0.3 is 0 Å². The van der Waals surface area contributed by atoms with E-state index in [0.29, 0.717) is 37.0 Å². The summed E-state index contributed by atoms with van der Waals surface area (Å²) in [5, 5.41) is 4.02. The molecule has 1 aliphatic heterocycles. The van der Waals surface area contributed by atoms with Crippen LogP contribution in [0.15, 0.2) is 28.8 Å². The van der Waals surface area contributed by atoms with Crippen LogP contribution in [0, 0.1) is 0 Å². The van der Waals surface area contributed by atoms with E-state index < -0.39 is 0 Å². The number of halogens is 1. The Morgan fingerprint density at radius 3 is 2.68 bits per heavy atom. The zero-order valence-electron chi connectivity index (χ0n) is 14.6. The average Bonchev–Trinajstić information content (AvgIpc) is 3.22. The minimum atomic E-state index is 0. The predicted molar refractivity (Wildman–Crippen MR) is 98.6 cm³/mol. The first kappa shape index (κ1) is 19.4. The van der Waals surface area contributed by atoms with Gasteiger partial charge in [0.25, 0.3) is 0 Å². The summed E-state index contributed by atoms with van der Waals surface area (Å²) < 4.78 is 5.27. The number of hydrogen-bond donors (Lipinski definition) is 1. The smallest absolute Gasteiger partial charge is 0.227 e. The Morgan fingerprint density at radius 2 is 2.08 bits per heavy atom. The van der Waals surface area contributed by atoms with Gasteiger partial charge in [-0.05, 0) is 17.9 Å². The van der Waals surface area contributed by atoms with Gasteiger partial charge in [0.05, 0.1) is 0 Å². The molecular formula is C18H25ClN4O2. The van der Waals surface area contributed by atoms with Crippen molar-refractivity contribution in [3.8, 4) is 11.4 Å². The van der Waals surface area contributed by atoms with Gasteiger partial charge in [0.2, 0.25) is 17.6 Å². The molecule has 3 rings (SSSR count). The predicted octanol–water partition coefficient (Wildman–Crippen LogP) is 2.77. The van der Waals surface area contributed by atoms with E-state index in [4.69, 9.17) is 10.3 Å². The quantitative estimate of drug-likeness (QED) is 0.881. The Labute approximate surface area is 154 Å². The number of nitrogens with zero attached hydrogens (tertiary/aromatic N) is 3. The Hall–Kier alpha value is -1.92. The molecular weight excluding hydrogens is 340 g/mol. The fourth-order valence-electron chi connectivity index (χ4n) is 2.88. The van der Waals surface area contributed by atoms with Crippen LogP contribution in [-0.4, -0.2) is 40.1 Å². The minimum absolute atomic E-state index is 0. The fourth-order valence-corrected chi connectivity index (χ4v) is 2.88. The SMILES string of the molecule is CC(C)c1ccc(-c2noc(CCC(=O)N3CC[C@@H](N)C3)n2)cc1.Cl. The lowest BCUT2D eigenvalue weighted by Crippen LogP contribution is -2.31. The summed E-state index contributed by atoms with van der Waals surface area (Å²) in [6, 6.07) is 8.27. The standard InChI is InChI=1S/C18H24N4O2.ClH/c1-12(2)13-3-5-14(6-4-13)18-20-16(24-21-18)7-8-17(23)22-10-9-15(19)11-22;/h3-6,12,15H,7-11,19H2,1-2H3;1H/t15-;/m1./s1. The first-order chi connectivity index (χ1) is 11.5. The molecule has 1 atom stereocenters. The molecule has 1 aliphatic rings. The second-order valence-corrected chi connectivity index (χ2v) is 6.68. The lowest BCUT2D eigenvalue weighted by atomic mass is 10.0. The fraction of sp³-hybridized carbons (Fsp3) is 0.500. The molecule has 7 heteroatoms. The van der Waals surface area contributed by atoms with Gasteiger partial charge in [-0.15, -0.1) is 12.4 Å². The number of benzene rings is 1. The van der Waals surface area contributed by atoms with Gasteiger partial charge in [0, 0.05) is 37.5 Å². The second kappa shape index (κ2) is 8.45. The summed E-state index contributed by atoms with van der Waals surface area (Å²) in [5.41, 5.74) is 8.03. The van der Waals surface area contributed by atoms with E-state index in [0.717, 1.165) is 18.5 Å². The average molecular weight is 365 g/mol. The largest absolute Gasteiger partial charge is 0.341 e. The van der Waals surface area contributed by atoms with Crippen LogP contribution >= 0.6 is 12.4 Å². The molecule has 0 radical (unpaired) electrons. The maximum absolute atomic E-state index is 12.1. The molecule has 6 nitrogen and oxygen atoms in total. The molecule has 1 amide bonds. The molecule has 2 heterocycles. The number of carbonyl (C=O) groups is 1. The first-order valence-electron chi connectivity index (χ1n) is 8.49. The zero-order valence-corrected chi connectivity index (χ0v) is 15.5. The van der Waals surface area contributed by atoms with Crippen molar-refractivity contribution in [1.82, 2.24) is 15.0 Å². The molecule has 1 aromatic heterocycles. The van der Waals surface area contributed by atoms with Crippen molar-refractivity contribution in [3.63, 3.8) is 0 Å². The molecule has 0 unspecified atom stereocenters. The molecule has 1 aromatic carbocycles. The van der Waals surface area contributed by atoms with Crippen LogP contribution in [0.4, 0.5) is 0 Å². The van der Waals surface area contributed by atoms with Crippen LogP contribution in [0.25, 0.3) is 11.4 Å². The second-order valence-electron chi connectivity index (χ2n) is 6.68. The van der Waals surface area contributed by atoms with Crippen LogP contribution in [0.3, 0.4) is 0 Å². The monoisotopic (exact) mass is 364 g/mol. The van der Waals surface area contributed by atoms with Gasteiger partial charge in [0.1, 0.15) is 0 Å². The maximum atomic E-state index is 12.1. The van der Waals surface area contributed by atoms with Crippen molar-refractivity contribution in [2.24, 2.45) is 5.73 Å². The summed E-state index contributed by atoms with van der Waals surface area (Å²) >= 11 is 0. The lowest BCUT2D eigenvalue weighted by Gasteiger charge is -2.14. The lowest BCUT2D eigenvalue weighted by molar-refractivity contribution is -0.130. The highest BCUT2D eigenvalue weighted by molar-refractivity contribution is 5.85. The normalized spacial score (nSPS) is 17.0. The van der Waals surface area contributed by atoms with E-state index in [-0.39, 0.29) is 24.4 Å². The molecule has 2 aromatic rings. The molecule has 136 valence electrons. The number of nitrogens with two attached hydrogens (primary N) is 1. The Bertz CT molecular complexity index is 699. The minimum Gasteiger partial charge on any atom is -0.341 e. The number of likely N-dealkylation sites (tertiary alicyclic amines) is 1. The van der Waals surface area contributed by atoms with E-state index in [1.54, 1.807) is 0 Å². The van der Waals surface area contributed by atoms with Gasteiger partial charge in [-0.3, -0.25) is 4.79 Å². The highest BCUT2D eigenvalue weighted by atomic mass is 35.5. The van der Waals surface area contributed by atoms with Gasteiger partial charge < -0.3 is 15.2 Å². The van der Waals surface area contributed by atoms with Crippen molar-refractivity contribution in [2.75, 3.05) is 13.1 Å². The maximum Gasteiger partial charge on any atom is 0.227 e. The molecule has 25 heavy (non-hydrogen) atoms. The topological polar surface area (TPSA) is 85.2 Å². The highest BCUT2D eigenvalue weighted by Crippen LogP contribution is 2.21. The van der Waals surface area contributed by atoms with E-state index in [1.807, 2.05) is 17.0 Å². The van der Waals surface area contributed by atoms with Crippen molar-refractivity contribution in [2.45, 2.75) is 45.1 Å². The van der Waals surface area contributed by atoms with Crippen LogP contribution in [0.1, 0.15) is 44.1 Å². The molecule has 0 spiro atoms. The number of hydrogen-bond acceptors (Lipinski definition) is 5. The van der Waals surface area contributed by atoms with Crippen molar-refractivity contribution >= 4 is 18.3 Å². The Kier molecular flexibility index (Phi) is 6.56. The summed E-state index contributed by atoms with van der Waals surface area (Å²) in [7, 11) is 0. The molecule has 2 N–H and O–H groups in total. The summed E-state index contributed by atoms with van der Waals surface area (Å²) in [6.07, 6.45) is 1.71. The zero-order chi connectivity index (χ0) is 17.1. The Balaban J connectivity index is 0.00000225. The Morgan fingerprint density at radius 1 is 1.36 bits per heavy atom. The molecule has 1 saturated heterocycles. The van der Waals surface area contributed by atoms with Gasteiger partial charge in [-0.1, -0.05) is 43.3 Å². The third-order valence-corrected chi connectivity index (χ3v) is 4.43. The number of amides is 1. The van der Waals surface area contributed by atoms with Crippen LogP contribution in [0.2, 0.25) is 0 Å². The summed E-state index contributed by atoms with van der Waals surface area (Å²) in [6.45, 7) is 5.71. The third-order valence-electron chi connectivity index (χ3n) is 4.43. The molecule has 0 aliphatic carbocycles. The van der Waals surface area contributed by atoms with E-state index in [9.17, 15) is 4.79 Å². The molecule has 0 bridgehead atoms. The number of aromatic nitrogens is 2. The van der Waals surface area contributed by atoms with E-state index in [2.05, 4.69) is 36.1 Å². The van der Waals surface area contributed by atoms with Crippen molar-refractivity contribution < 1.29 is 9.32 Å². The van der Waals surface area contributed by atoms with Crippen molar-refractivity contribution in [3.05, 3.63) is 35.7 Å². The van der Waals surface area contributed by atoms with Gasteiger partial charge in [0.15, 0.2) is 0 Å². The van der Waals surface area contributed by atoms with Crippen molar-refractivity contribution in [1.29, 1.82) is 0 Å². The van der Waals surface area contributed by atoms with Crippen LogP contribution in [0.5, 0.6) is 0 Å². The van der Waals surface area contributed by atoms with Crippen LogP contribution in [-0.2, 0) is 11.2 Å². The molecule has 0 saturated carbocycles. The highest BCUT2D eigenvalue weighted by Gasteiger charge is 2.23. The summed E-state index contributed by atoms with van der Waals surface area (Å²) in [5.74, 6) is 1.65. The first-order valence-corrected chi connectivity index (χ1v) is 8.49. The summed E-state index contributed by atoms with van der Waals surface area (Å²) in [4.78, 5) is 18.3. The molecule has 1 fully saturated rings. The van der Waals surface area contributed by atoms with E-state index >= 15 is 0 Å². The number of carbonyl (C=O) groups excluding carboxylic acids is 1. The van der Waals surface area contributed by atoms with Gasteiger partial charge in [-0.25, -0.2) is 0 Å². The van der Waals surface area contributed by atoms with E-state index in [1.165, 1.54) is 5.56 Å². The number of rotatable bonds is 5. The number of aryl methyl sites for hydroxylation is 1.